The van der Waals surface area contributed by atoms with Crippen LogP contribution in [0.15, 0.2) is 53.9 Å². The molecule has 1 aliphatic rings. The minimum atomic E-state index is -0.128. The van der Waals surface area contributed by atoms with E-state index in [1.807, 2.05) is 23.5 Å². The maximum absolute atomic E-state index is 12.4. The Bertz CT molecular complexity index is 977. The molecule has 0 saturated carbocycles. The number of urea groups is 1. The minimum Gasteiger partial charge on any atom is -0.338 e. The zero-order valence-electron chi connectivity index (χ0n) is 18.4. The van der Waals surface area contributed by atoms with Crippen LogP contribution in [0.1, 0.15) is 49.7 Å². The smallest absolute Gasteiger partial charge is 0.319 e. The molecule has 0 radical (unpaired) electrons. The molecule has 2 aromatic carbocycles. The van der Waals surface area contributed by atoms with Gasteiger partial charge in [0.2, 0.25) is 0 Å². The third kappa shape index (κ3) is 5.86. The van der Waals surface area contributed by atoms with E-state index in [-0.39, 0.29) is 6.03 Å². The molecule has 0 aliphatic carbocycles. The molecule has 3 aromatic rings. The Morgan fingerprint density at radius 1 is 1.13 bits per heavy atom. The Morgan fingerprint density at radius 3 is 2.71 bits per heavy atom. The number of likely N-dealkylation sites (tertiary alicyclic amines) is 1. The molecule has 0 spiro atoms. The number of nitrogens with zero attached hydrogens (tertiary/aromatic N) is 1. The van der Waals surface area contributed by atoms with Crippen LogP contribution in [0, 0.1) is 0 Å². The van der Waals surface area contributed by atoms with Crippen molar-refractivity contribution in [3.8, 4) is 0 Å². The highest BCUT2D eigenvalue weighted by Gasteiger charge is 2.22. The van der Waals surface area contributed by atoms with Crippen LogP contribution in [0.4, 0.5) is 10.5 Å². The second-order valence-corrected chi connectivity index (χ2v) is 9.40. The predicted molar refractivity (Wildman–Crippen MR) is 132 cm³/mol. The number of fused-ring (bicyclic) bond motifs is 1. The Morgan fingerprint density at radius 2 is 1.94 bits per heavy atom. The quantitative estimate of drug-likeness (QED) is 0.411. The van der Waals surface area contributed by atoms with Gasteiger partial charge < -0.3 is 15.5 Å². The normalized spacial score (nSPS) is 15.3. The summed E-state index contributed by atoms with van der Waals surface area (Å²) < 4.78 is 1.31. The van der Waals surface area contributed by atoms with Crippen molar-refractivity contribution in [3.05, 3.63) is 65.0 Å². The number of nitrogens with one attached hydrogen (secondary N) is 2. The lowest BCUT2D eigenvalue weighted by molar-refractivity contribution is 0.213. The maximum Gasteiger partial charge on any atom is 0.319 e. The Kier molecular flexibility index (Phi) is 7.60. The van der Waals surface area contributed by atoms with Crippen molar-refractivity contribution in [2.24, 2.45) is 0 Å². The molecule has 0 atom stereocenters. The van der Waals surface area contributed by atoms with Gasteiger partial charge in [0.05, 0.1) is 0 Å². The van der Waals surface area contributed by atoms with Crippen molar-refractivity contribution in [1.29, 1.82) is 0 Å². The fourth-order valence-corrected chi connectivity index (χ4v) is 5.56. The predicted octanol–water partition coefficient (Wildman–Crippen LogP) is 6.25. The third-order valence-electron chi connectivity index (χ3n) is 6.20. The first-order chi connectivity index (χ1) is 15.2. The molecule has 1 saturated heterocycles. The van der Waals surface area contributed by atoms with Gasteiger partial charge in [0.15, 0.2) is 0 Å². The lowest BCUT2D eigenvalue weighted by Gasteiger charge is -2.31. The molecule has 1 aliphatic heterocycles. The number of benzene rings is 2. The summed E-state index contributed by atoms with van der Waals surface area (Å²) >= 11 is 1.82. The van der Waals surface area contributed by atoms with E-state index in [2.05, 4.69) is 64.2 Å². The summed E-state index contributed by atoms with van der Waals surface area (Å²) in [6.07, 6.45) is 5.59. The highest BCUT2D eigenvalue weighted by atomic mass is 32.1. The second-order valence-electron chi connectivity index (χ2n) is 8.49. The largest absolute Gasteiger partial charge is 0.338 e. The van der Waals surface area contributed by atoms with Gasteiger partial charge in [-0.1, -0.05) is 37.3 Å². The maximum atomic E-state index is 12.4. The lowest BCUT2D eigenvalue weighted by atomic mass is 9.89. The van der Waals surface area contributed by atoms with Gasteiger partial charge in [-0.25, -0.2) is 4.79 Å². The van der Waals surface area contributed by atoms with E-state index in [1.165, 1.54) is 60.1 Å². The SMILES string of the molecule is CCCN1CCC(c2csc3ccc(NC(=O)NCCCc4ccccc4)cc23)CC1. The van der Waals surface area contributed by atoms with Gasteiger partial charge in [-0.2, -0.15) is 0 Å². The Labute approximate surface area is 189 Å². The van der Waals surface area contributed by atoms with Gasteiger partial charge >= 0.3 is 6.03 Å². The van der Waals surface area contributed by atoms with Gasteiger partial charge in [0.25, 0.3) is 0 Å². The van der Waals surface area contributed by atoms with E-state index in [9.17, 15) is 4.79 Å². The summed E-state index contributed by atoms with van der Waals surface area (Å²) in [4.78, 5) is 14.9. The van der Waals surface area contributed by atoms with E-state index < -0.39 is 0 Å². The molecule has 2 N–H and O–H groups in total. The molecule has 2 heterocycles. The Hall–Kier alpha value is -2.37. The van der Waals surface area contributed by atoms with Crippen molar-refractivity contribution >= 4 is 33.1 Å². The van der Waals surface area contributed by atoms with Crippen LogP contribution >= 0.6 is 11.3 Å². The minimum absolute atomic E-state index is 0.128. The summed E-state index contributed by atoms with van der Waals surface area (Å²) in [7, 11) is 0. The summed E-state index contributed by atoms with van der Waals surface area (Å²) in [6.45, 7) is 6.53. The second kappa shape index (κ2) is 10.8. The van der Waals surface area contributed by atoms with E-state index in [1.54, 1.807) is 0 Å². The monoisotopic (exact) mass is 435 g/mol. The standard InChI is InChI=1S/C26H33N3OS/c1-2-15-29-16-12-21(13-17-29)24-19-31-25-11-10-22(18-23(24)25)28-26(30)27-14-6-9-20-7-4-3-5-8-20/h3-5,7-8,10-11,18-19,21H,2,6,9,12-17H2,1H3,(H2,27,28,30). The molecule has 4 nitrogen and oxygen atoms in total. The molecule has 0 bridgehead atoms. The number of carbonyl (C=O) groups excluding carboxylic acids is 1. The molecular formula is C26H33N3OS. The fourth-order valence-electron chi connectivity index (χ4n) is 4.54. The molecular weight excluding hydrogens is 402 g/mol. The van der Waals surface area contributed by atoms with Crippen molar-refractivity contribution < 1.29 is 4.79 Å². The zero-order valence-corrected chi connectivity index (χ0v) is 19.2. The number of aryl methyl sites for hydroxylation is 1. The number of carbonyl (C=O) groups is 1. The zero-order chi connectivity index (χ0) is 21.5. The van der Waals surface area contributed by atoms with Crippen molar-refractivity contribution in [2.75, 3.05) is 31.5 Å². The highest BCUT2D eigenvalue weighted by Crippen LogP contribution is 2.37. The molecule has 5 heteroatoms. The van der Waals surface area contributed by atoms with Crippen LogP contribution in [0.3, 0.4) is 0 Å². The topological polar surface area (TPSA) is 44.4 Å². The van der Waals surface area contributed by atoms with Crippen molar-refractivity contribution in [1.82, 2.24) is 10.2 Å². The molecule has 1 fully saturated rings. The summed E-state index contributed by atoms with van der Waals surface area (Å²) in [6, 6.07) is 16.6. The van der Waals surface area contributed by atoms with E-state index in [0.29, 0.717) is 12.5 Å². The van der Waals surface area contributed by atoms with Gasteiger partial charge in [0.1, 0.15) is 0 Å². The number of amides is 2. The first-order valence-corrected chi connectivity index (χ1v) is 12.4. The van der Waals surface area contributed by atoms with Gasteiger partial charge in [-0.15, -0.1) is 11.3 Å². The number of piperidine rings is 1. The van der Waals surface area contributed by atoms with Gasteiger partial charge in [-0.3, -0.25) is 0 Å². The van der Waals surface area contributed by atoms with E-state index >= 15 is 0 Å². The van der Waals surface area contributed by atoms with Crippen LogP contribution in [0.5, 0.6) is 0 Å². The van der Waals surface area contributed by atoms with Crippen LogP contribution in [0.25, 0.3) is 10.1 Å². The lowest BCUT2D eigenvalue weighted by Crippen LogP contribution is -2.33. The van der Waals surface area contributed by atoms with E-state index in [4.69, 9.17) is 0 Å². The van der Waals surface area contributed by atoms with Crippen molar-refractivity contribution in [2.45, 2.75) is 44.9 Å². The molecule has 1 aromatic heterocycles. The Balaban J connectivity index is 1.31. The van der Waals surface area contributed by atoms with Gasteiger partial charge in [-0.05, 0) is 97.7 Å². The summed E-state index contributed by atoms with van der Waals surface area (Å²) in [5.41, 5.74) is 3.64. The van der Waals surface area contributed by atoms with E-state index in [0.717, 1.165) is 18.5 Å². The first kappa shape index (κ1) is 21.8. The molecule has 4 rings (SSSR count). The molecule has 31 heavy (non-hydrogen) atoms. The average molecular weight is 436 g/mol. The number of anilines is 1. The summed E-state index contributed by atoms with van der Waals surface area (Å²) in [5.74, 6) is 0.629. The van der Waals surface area contributed by atoms with Crippen LogP contribution in [0.2, 0.25) is 0 Å². The van der Waals surface area contributed by atoms with Crippen molar-refractivity contribution in [3.63, 3.8) is 0 Å². The van der Waals surface area contributed by atoms with Crippen LogP contribution in [-0.4, -0.2) is 37.1 Å². The number of hydrogen-bond acceptors (Lipinski definition) is 3. The van der Waals surface area contributed by atoms with Gasteiger partial charge in [0, 0.05) is 16.9 Å². The third-order valence-corrected chi connectivity index (χ3v) is 7.18. The average Bonchev–Trinajstić information content (AvgIpc) is 3.21. The number of rotatable bonds is 8. The highest BCUT2D eigenvalue weighted by molar-refractivity contribution is 7.17. The molecule has 2 amide bonds. The summed E-state index contributed by atoms with van der Waals surface area (Å²) in [5, 5.41) is 9.65. The molecule has 164 valence electrons. The van der Waals surface area contributed by atoms with Crippen LogP contribution in [-0.2, 0) is 6.42 Å². The fraction of sp³-hybridized carbons (Fsp3) is 0.423. The number of thiophene rings is 1. The first-order valence-electron chi connectivity index (χ1n) is 11.5. The molecule has 0 unspecified atom stereocenters. The van der Waals surface area contributed by atoms with Crippen LogP contribution < -0.4 is 10.6 Å². The number of hydrogen-bond donors (Lipinski definition) is 2.